The van der Waals surface area contributed by atoms with Crippen LogP contribution in [-0.2, 0) is 4.74 Å². The third-order valence-corrected chi connectivity index (χ3v) is 0.815. The Bertz CT molecular complexity index is 50.0. The number of hydrogen-bond donors (Lipinski definition) is 3. The van der Waals surface area contributed by atoms with Crippen molar-refractivity contribution in [2.24, 2.45) is 0 Å². The van der Waals surface area contributed by atoms with E-state index < -0.39 is 12.4 Å². The van der Waals surface area contributed by atoms with Gasteiger partial charge in [-0.1, -0.05) is 0 Å². The maximum atomic E-state index is 8.28. The molecular formula is C4H10O4. The topological polar surface area (TPSA) is 69.9 Å². The maximum absolute atomic E-state index is 8.28. The molecule has 0 rings (SSSR count). The summed E-state index contributed by atoms with van der Waals surface area (Å²) in [4.78, 5) is 0. The summed E-state index contributed by atoms with van der Waals surface area (Å²) in [7, 11) is 1.29. The Labute approximate surface area is 47.3 Å². The van der Waals surface area contributed by atoms with Crippen molar-refractivity contribution in [1.29, 1.82) is 0 Å². The summed E-state index contributed by atoms with van der Waals surface area (Å²) in [5, 5.41) is 24.8. The summed E-state index contributed by atoms with van der Waals surface area (Å²) in [5.41, 5.74) is 0. The van der Waals surface area contributed by atoms with E-state index in [-0.39, 0.29) is 6.61 Å². The van der Waals surface area contributed by atoms with E-state index in [4.69, 9.17) is 15.3 Å². The van der Waals surface area contributed by atoms with Crippen LogP contribution in [0.3, 0.4) is 0 Å². The average molecular weight is 122 g/mol. The molecule has 0 aliphatic heterocycles. The van der Waals surface area contributed by atoms with Gasteiger partial charge in [-0.15, -0.1) is 0 Å². The van der Waals surface area contributed by atoms with Gasteiger partial charge in [0.15, 0.2) is 6.29 Å². The molecule has 0 aromatic rings. The molecule has 4 heteroatoms. The van der Waals surface area contributed by atoms with Gasteiger partial charge >= 0.3 is 0 Å². The first-order valence-electron chi connectivity index (χ1n) is 2.22. The zero-order valence-corrected chi connectivity index (χ0v) is 4.61. The van der Waals surface area contributed by atoms with Gasteiger partial charge < -0.3 is 20.1 Å². The van der Waals surface area contributed by atoms with E-state index >= 15 is 0 Å². The molecule has 0 aromatic heterocycles. The van der Waals surface area contributed by atoms with Crippen molar-refractivity contribution < 1.29 is 20.1 Å². The summed E-state index contributed by atoms with van der Waals surface area (Å²) >= 11 is 0. The molecule has 0 unspecified atom stereocenters. The molecule has 0 radical (unpaired) electrons. The second-order valence-electron chi connectivity index (χ2n) is 1.37. The van der Waals surface area contributed by atoms with Crippen LogP contribution >= 0.6 is 0 Å². The number of aliphatic hydroxyl groups is 3. The molecule has 3 N–H and O–H groups in total. The van der Waals surface area contributed by atoms with Crippen LogP contribution in [0.2, 0.25) is 0 Å². The highest BCUT2D eigenvalue weighted by atomic mass is 16.6. The molecule has 0 spiro atoms. The van der Waals surface area contributed by atoms with Crippen LogP contribution < -0.4 is 0 Å². The lowest BCUT2D eigenvalue weighted by molar-refractivity contribution is -0.147. The van der Waals surface area contributed by atoms with Crippen LogP contribution in [-0.4, -0.2) is 41.4 Å². The van der Waals surface area contributed by atoms with Crippen LogP contribution in [0, 0.1) is 0 Å². The molecule has 0 aromatic carbocycles. The Morgan fingerprint density at radius 2 is 2.00 bits per heavy atom. The zero-order valence-electron chi connectivity index (χ0n) is 4.61. The molecule has 0 aliphatic carbocycles. The molecule has 0 saturated heterocycles. The summed E-state index contributed by atoms with van der Waals surface area (Å²) in [5.74, 6) is 0. The van der Waals surface area contributed by atoms with Gasteiger partial charge in [0.05, 0.1) is 6.61 Å². The average Bonchev–Trinajstić information content (AvgIpc) is 1.69. The Morgan fingerprint density at radius 3 is 2.00 bits per heavy atom. The van der Waals surface area contributed by atoms with E-state index in [9.17, 15) is 0 Å². The van der Waals surface area contributed by atoms with E-state index in [0.717, 1.165) is 0 Å². The van der Waals surface area contributed by atoms with Gasteiger partial charge in [0.25, 0.3) is 0 Å². The SMILES string of the molecule is CO[C@H](CO)C(O)O. The number of ether oxygens (including phenoxy) is 1. The lowest BCUT2D eigenvalue weighted by atomic mass is 10.4. The number of methoxy groups -OCH3 is 1. The fourth-order valence-corrected chi connectivity index (χ4v) is 0.291. The lowest BCUT2D eigenvalue weighted by Gasteiger charge is -2.12. The maximum Gasteiger partial charge on any atom is 0.180 e. The molecule has 0 saturated carbocycles. The van der Waals surface area contributed by atoms with Gasteiger partial charge in [0.1, 0.15) is 6.10 Å². The van der Waals surface area contributed by atoms with Crippen molar-refractivity contribution in [3.63, 3.8) is 0 Å². The first kappa shape index (κ1) is 7.84. The predicted molar refractivity (Wildman–Crippen MR) is 26.1 cm³/mol. The van der Waals surface area contributed by atoms with E-state index in [2.05, 4.69) is 4.74 Å². The quantitative estimate of drug-likeness (QED) is 0.390. The van der Waals surface area contributed by atoms with E-state index in [1.54, 1.807) is 0 Å². The first-order valence-corrected chi connectivity index (χ1v) is 2.22. The second-order valence-corrected chi connectivity index (χ2v) is 1.37. The Balaban J connectivity index is 3.35. The third kappa shape index (κ3) is 2.23. The minimum absolute atomic E-state index is 0.381. The van der Waals surface area contributed by atoms with Crippen LogP contribution in [0.1, 0.15) is 0 Å². The minimum atomic E-state index is -1.59. The normalized spacial score (nSPS) is 14.6. The summed E-state index contributed by atoms with van der Waals surface area (Å²) in [6.45, 7) is -0.381. The number of aliphatic hydroxyl groups excluding tert-OH is 2. The molecule has 0 aliphatic rings. The summed E-state index contributed by atoms with van der Waals surface area (Å²) in [6.07, 6.45) is -2.47. The van der Waals surface area contributed by atoms with Crippen LogP contribution in [0.15, 0.2) is 0 Å². The third-order valence-electron chi connectivity index (χ3n) is 0.815. The van der Waals surface area contributed by atoms with E-state index in [1.807, 2.05) is 0 Å². The summed E-state index contributed by atoms with van der Waals surface area (Å²) in [6, 6.07) is 0. The number of rotatable bonds is 3. The van der Waals surface area contributed by atoms with Crippen molar-refractivity contribution in [2.75, 3.05) is 13.7 Å². The lowest BCUT2D eigenvalue weighted by Crippen LogP contribution is -2.30. The highest BCUT2D eigenvalue weighted by molar-refractivity contribution is 4.53. The second kappa shape index (κ2) is 3.80. The molecule has 0 bridgehead atoms. The van der Waals surface area contributed by atoms with Crippen molar-refractivity contribution in [3.8, 4) is 0 Å². The molecule has 50 valence electrons. The minimum Gasteiger partial charge on any atom is -0.393 e. The van der Waals surface area contributed by atoms with Crippen LogP contribution in [0.4, 0.5) is 0 Å². The monoisotopic (exact) mass is 122 g/mol. The molecule has 0 heterocycles. The van der Waals surface area contributed by atoms with E-state index in [0.29, 0.717) is 0 Å². The van der Waals surface area contributed by atoms with Crippen LogP contribution in [0.25, 0.3) is 0 Å². The zero-order chi connectivity index (χ0) is 6.57. The molecule has 0 amide bonds. The predicted octanol–water partition coefficient (Wildman–Crippen LogP) is -1.70. The van der Waals surface area contributed by atoms with Gasteiger partial charge in [-0.25, -0.2) is 0 Å². The van der Waals surface area contributed by atoms with Gasteiger partial charge in [-0.05, 0) is 0 Å². The van der Waals surface area contributed by atoms with Gasteiger partial charge in [-0.2, -0.15) is 0 Å². The van der Waals surface area contributed by atoms with Crippen molar-refractivity contribution in [1.82, 2.24) is 0 Å². The van der Waals surface area contributed by atoms with Gasteiger partial charge in [-0.3, -0.25) is 0 Å². The fraction of sp³-hybridized carbons (Fsp3) is 1.00. The van der Waals surface area contributed by atoms with E-state index in [1.165, 1.54) is 7.11 Å². The standard InChI is InChI=1S/C4H10O4/c1-8-3(2-5)4(6)7/h3-7H,2H2,1H3/t3-/m1/s1. The molecular weight excluding hydrogens is 112 g/mol. The molecule has 1 atom stereocenters. The highest BCUT2D eigenvalue weighted by Crippen LogP contribution is 1.91. The molecule has 4 nitrogen and oxygen atoms in total. The number of hydrogen-bond acceptors (Lipinski definition) is 4. The highest BCUT2D eigenvalue weighted by Gasteiger charge is 2.12. The Hall–Kier alpha value is -0.160. The molecule has 8 heavy (non-hydrogen) atoms. The van der Waals surface area contributed by atoms with Crippen molar-refractivity contribution in [2.45, 2.75) is 12.4 Å². The summed E-state index contributed by atoms with van der Waals surface area (Å²) < 4.78 is 4.41. The molecule has 0 fully saturated rings. The smallest absolute Gasteiger partial charge is 0.180 e. The van der Waals surface area contributed by atoms with Crippen LogP contribution in [0.5, 0.6) is 0 Å². The Kier molecular flexibility index (Phi) is 3.72. The van der Waals surface area contributed by atoms with Crippen molar-refractivity contribution >= 4 is 0 Å². The first-order chi connectivity index (χ1) is 3.72. The van der Waals surface area contributed by atoms with Crippen molar-refractivity contribution in [3.05, 3.63) is 0 Å². The van der Waals surface area contributed by atoms with Gasteiger partial charge in [0.2, 0.25) is 0 Å². The Morgan fingerprint density at radius 1 is 1.50 bits per heavy atom. The fourth-order valence-electron chi connectivity index (χ4n) is 0.291. The largest absolute Gasteiger partial charge is 0.393 e. The van der Waals surface area contributed by atoms with Gasteiger partial charge in [0, 0.05) is 7.11 Å².